The Morgan fingerprint density at radius 3 is 2.56 bits per heavy atom. The van der Waals surface area contributed by atoms with Gasteiger partial charge in [0.2, 0.25) is 0 Å². The molecule has 1 heterocycles. The van der Waals surface area contributed by atoms with Gasteiger partial charge < -0.3 is 0 Å². The molecule has 0 saturated carbocycles. The highest BCUT2D eigenvalue weighted by Gasteiger charge is 2.36. The molecule has 1 N–H and O–H groups in total. The van der Waals surface area contributed by atoms with E-state index in [2.05, 4.69) is 4.74 Å². The van der Waals surface area contributed by atoms with E-state index in [1.807, 2.05) is 0 Å². The lowest BCUT2D eigenvalue weighted by atomic mass is 10.1. The molecule has 2 rings (SSSR count). The summed E-state index contributed by atoms with van der Waals surface area (Å²) in [5, 5.41) is 0. The number of halogens is 3. The predicted molar refractivity (Wildman–Crippen MR) is 51.9 cm³/mol. The van der Waals surface area contributed by atoms with Gasteiger partial charge in [-0.1, -0.05) is 12.1 Å². The molecule has 0 bridgehead atoms. The summed E-state index contributed by atoms with van der Waals surface area (Å²) in [4.78, 5) is 11.1. The van der Waals surface area contributed by atoms with Gasteiger partial charge in [0, 0.05) is 0 Å². The number of carbonyl (C=O) groups excluding carboxylic acids is 1. The highest BCUT2D eigenvalue weighted by atomic mass is 32.2. The largest absolute Gasteiger partial charge is 0.522 e. The molecule has 0 fully saturated rings. The van der Waals surface area contributed by atoms with Crippen molar-refractivity contribution >= 4 is 15.9 Å². The van der Waals surface area contributed by atoms with Crippen molar-refractivity contribution in [3.63, 3.8) is 0 Å². The van der Waals surface area contributed by atoms with Gasteiger partial charge in [-0.05, 0) is 11.6 Å². The van der Waals surface area contributed by atoms with Crippen molar-refractivity contribution in [2.75, 3.05) is 0 Å². The topological polar surface area (TPSA) is 72.5 Å². The number of benzene rings is 1. The van der Waals surface area contributed by atoms with E-state index in [1.165, 1.54) is 12.1 Å². The number of sulfonamides is 1. The van der Waals surface area contributed by atoms with Crippen LogP contribution in [0.15, 0.2) is 23.1 Å². The van der Waals surface area contributed by atoms with Gasteiger partial charge in [0.25, 0.3) is 15.9 Å². The molecule has 0 saturated heterocycles. The second-order valence-electron chi connectivity index (χ2n) is 3.46. The van der Waals surface area contributed by atoms with E-state index < -0.39 is 28.9 Å². The minimum Gasteiger partial charge on any atom is -0.287 e. The third-order valence-electron chi connectivity index (χ3n) is 2.25. The van der Waals surface area contributed by atoms with Crippen molar-refractivity contribution in [1.29, 1.82) is 0 Å². The van der Waals surface area contributed by atoms with E-state index in [0.29, 0.717) is 0 Å². The standard InChI is InChI=1S/C9H6F3NO4S/c10-9(11,12)17-4-5-2-1-3-6-7(5)8(14)13-18(6,15)16/h1-3H,4H2,(H,13,14). The Balaban J connectivity index is 2.41. The molecule has 0 atom stereocenters. The molecule has 9 heteroatoms. The molecule has 98 valence electrons. The Hall–Kier alpha value is -1.61. The zero-order chi connectivity index (χ0) is 13.6. The summed E-state index contributed by atoms with van der Waals surface area (Å²) >= 11 is 0. The fourth-order valence-corrected chi connectivity index (χ4v) is 2.77. The maximum atomic E-state index is 11.9. The van der Waals surface area contributed by atoms with Crippen LogP contribution >= 0.6 is 0 Å². The molecule has 0 aliphatic carbocycles. The molecule has 18 heavy (non-hydrogen) atoms. The van der Waals surface area contributed by atoms with Crippen molar-refractivity contribution in [2.24, 2.45) is 0 Å². The number of hydrogen-bond donors (Lipinski definition) is 1. The first-order chi connectivity index (χ1) is 8.21. The fraction of sp³-hybridized carbons (Fsp3) is 0.222. The van der Waals surface area contributed by atoms with Gasteiger partial charge in [0.05, 0.1) is 12.2 Å². The van der Waals surface area contributed by atoms with Gasteiger partial charge in [-0.3, -0.25) is 9.53 Å². The Morgan fingerprint density at radius 2 is 1.94 bits per heavy atom. The number of nitrogens with one attached hydrogen (secondary N) is 1. The van der Waals surface area contributed by atoms with E-state index in [9.17, 15) is 26.4 Å². The lowest BCUT2D eigenvalue weighted by molar-refractivity contribution is -0.330. The summed E-state index contributed by atoms with van der Waals surface area (Å²) in [6.07, 6.45) is -4.85. The van der Waals surface area contributed by atoms with Crippen molar-refractivity contribution in [3.8, 4) is 0 Å². The molecule has 1 amide bonds. The third kappa shape index (κ3) is 2.31. The van der Waals surface area contributed by atoms with Crippen molar-refractivity contribution in [2.45, 2.75) is 17.9 Å². The molecule has 5 nitrogen and oxygen atoms in total. The minimum absolute atomic E-state index is 0.136. The first-order valence-corrected chi connectivity index (χ1v) is 6.09. The lowest BCUT2D eigenvalue weighted by Gasteiger charge is -2.08. The Kier molecular flexibility index (Phi) is 2.82. The average molecular weight is 281 g/mol. The Morgan fingerprint density at radius 1 is 1.28 bits per heavy atom. The maximum absolute atomic E-state index is 11.9. The number of rotatable bonds is 2. The smallest absolute Gasteiger partial charge is 0.287 e. The first-order valence-electron chi connectivity index (χ1n) is 4.60. The van der Waals surface area contributed by atoms with Crippen molar-refractivity contribution in [3.05, 3.63) is 29.3 Å². The minimum atomic E-state index is -4.85. The van der Waals surface area contributed by atoms with E-state index in [1.54, 1.807) is 4.72 Å². The summed E-state index contributed by atoms with van der Waals surface area (Å²) < 4.78 is 63.8. The van der Waals surface area contributed by atoms with E-state index >= 15 is 0 Å². The van der Waals surface area contributed by atoms with Gasteiger partial charge in [-0.25, -0.2) is 13.1 Å². The molecular formula is C9H6F3NO4S. The summed E-state index contributed by atoms with van der Waals surface area (Å²) in [5.74, 6) is -0.952. The fourth-order valence-electron chi connectivity index (χ4n) is 1.57. The highest BCUT2D eigenvalue weighted by molar-refractivity contribution is 7.90. The quantitative estimate of drug-likeness (QED) is 0.882. The SMILES string of the molecule is O=C1NS(=O)(=O)c2cccc(COC(F)(F)F)c21. The molecule has 0 spiro atoms. The second kappa shape index (κ2) is 3.95. The van der Waals surface area contributed by atoms with Crippen molar-refractivity contribution in [1.82, 2.24) is 4.72 Å². The molecule has 1 aliphatic heterocycles. The first kappa shape index (κ1) is 12.8. The van der Waals surface area contributed by atoms with Crippen LogP contribution in [0, 0.1) is 0 Å². The zero-order valence-electron chi connectivity index (χ0n) is 8.61. The zero-order valence-corrected chi connectivity index (χ0v) is 9.43. The van der Waals surface area contributed by atoms with Gasteiger partial charge in [-0.2, -0.15) is 0 Å². The monoisotopic (exact) mass is 281 g/mol. The van der Waals surface area contributed by atoms with Crippen molar-refractivity contribution < 1.29 is 31.1 Å². The lowest BCUT2D eigenvalue weighted by Crippen LogP contribution is -2.21. The number of ether oxygens (including phenoxy) is 1. The second-order valence-corrected chi connectivity index (χ2v) is 5.11. The van der Waals surface area contributed by atoms with E-state index in [4.69, 9.17) is 0 Å². The maximum Gasteiger partial charge on any atom is 0.522 e. The van der Waals surface area contributed by atoms with E-state index in [0.717, 1.165) is 6.07 Å². The van der Waals surface area contributed by atoms with Crippen LogP contribution in [0.1, 0.15) is 15.9 Å². The van der Waals surface area contributed by atoms with Gasteiger partial charge in [0.1, 0.15) is 4.90 Å². The number of amides is 1. The molecule has 1 aliphatic rings. The summed E-state index contributed by atoms with van der Waals surface area (Å²) in [5.41, 5.74) is -0.440. The summed E-state index contributed by atoms with van der Waals surface area (Å²) in [6.45, 7) is -0.921. The Labute approximate surface area is 99.6 Å². The van der Waals surface area contributed by atoms with Crippen LogP contribution in [-0.2, 0) is 21.4 Å². The molecule has 1 aromatic rings. The number of hydrogen-bond acceptors (Lipinski definition) is 4. The molecule has 0 radical (unpaired) electrons. The number of alkyl halides is 3. The highest BCUT2D eigenvalue weighted by Crippen LogP contribution is 2.27. The van der Waals surface area contributed by atoms with Crippen LogP contribution in [0.2, 0.25) is 0 Å². The van der Waals surface area contributed by atoms with Gasteiger partial charge in [-0.15, -0.1) is 13.2 Å². The predicted octanol–water partition coefficient (Wildman–Crippen LogP) is 1.16. The van der Waals surface area contributed by atoms with Crippen LogP contribution in [0.3, 0.4) is 0 Å². The molecule has 0 aromatic heterocycles. The van der Waals surface area contributed by atoms with Crippen LogP contribution in [0.25, 0.3) is 0 Å². The van der Waals surface area contributed by atoms with Crippen LogP contribution in [0.4, 0.5) is 13.2 Å². The van der Waals surface area contributed by atoms with Crippen LogP contribution in [-0.4, -0.2) is 20.7 Å². The summed E-state index contributed by atoms with van der Waals surface area (Å²) in [7, 11) is -3.97. The van der Waals surface area contributed by atoms with Crippen LogP contribution in [0.5, 0.6) is 0 Å². The summed E-state index contributed by atoms with van der Waals surface area (Å²) in [6, 6.07) is 3.58. The van der Waals surface area contributed by atoms with Crippen LogP contribution < -0.4 is 4.72 Å². The third-order valence-corrected chi connectivity index (χ3v) is 3.62. The Bertz CT molecular complexity index is 609. The molecule has 1 aromatic carbocycles. The van der Waals surface area contributed by atoms with E-state index in [-0.39, 0.29) is 16.0 Å². The number of fused-ring (bicyclic) bond motifs is 1. The number of carbonyl (C=O) groups is 1. The van der Waals surface area contributed by atoms with Gasteiger partial charge >= 0.3 is 6.36 Å². The van der Waals surface area contributed by atoms with Gasteiger partial charge in [0.15, 0.2) is 0 Å². The molecular weight excluding hydrogens is 275 g/mol. The molecule has 0 unspecified atom stereocenters. The normalized spacial score (nSPS) is 17.4. The average Bonchev–Trinajstić information content (AvgIpc) is 2.46.